The molecule has 0 spiro atoms. The van der Waals surface area contributed by atoms with Crippen LogP contribution in [0.5, 0.6) is 0 Å². The van der Waals surface area contributed by atoms with Crippen molar-refractivity contribution >= 4 is 21.8 Å². The minimum atomic E-state index is 0.0786. The number of carbonyl (C=O) groups excluding carboxylic acids is 1. The largest absolute Gasteiger partial charge is 0.339 e. The molecule has 0 aromatic carbocycles. The van der Waals surface area contributed by atoms with Gasteiger partial charge in [-0.3, -0.25) is 4.79 Å². The zero-order valence-corrected chi connectivity index (χ0v) is 7.89. The summed E-state index contributed by atoms with van der Waals surface area (Å²) >= 11 is 3.32. The van der Waals surface area contributed by atoms with Gasteiger partial charge in [0.05, 0.1) is 4.83 Å². The molecule has 0 unspecified atom stereocenters. The first kappa shape index (κ1) is 8.05. The molecule has 58 valence electrons. The first-order chi connectivity index (χ1) is 4.63. The quantitative estimate of drug-likeness (QED) is 0.593. The van der Waals surface area contributed by atoms with Gasteiger partial charge in [0.25, 0.3) is 0 Å². The van der Waals surface area contributed by atoms with E-state index in [4.69, 9.17) is 0 Å². The van der Waals surface area contributed by atoms with Crippen molar-refractivity contribution in [3.63, 3.8) is 0 Å². The molecular weight excluding hydrogens is 194 g/mol. The third kappa shape index (κ3) is 1.34. The molecule has 2 nitrogen and oxygen atoms in total. The molecule has 0 aromatic rings. The second-order valence-corrected chi connectivity index (χ2v) is 3.99. The number of halogens is 1. The summed E-state index contributed by atoms with van der Waals surface area (Å²) in [4.78, 5) is 13.2. The fourth-order valence-electron chi connectivity index (χ4n) is 1.18. The Kier molecular flexibility index (Phi) is 2.34. The monoisotopic (exact) mass is 205 g/mol. The molecule has 1 saturated heterocycles. The van der Waals surface area contributed by atoms with Gasteiger partial charge in [-0.05, 0) is 20.3 Å². The smallest absolute Gasteiger partial charge is 0.236 e. The SMILES string of the molecule is CC(C)N1CC[C@H](Br)C1=O. The van der Waals surface area contributed by atoms with Crippen LogP contribution >= 0.6 is 15.9 Å². The standard InChI is InChI=1S/C7H12BrNO/c1-5(2)9-4-3-6(8)7(9)10/h5-6H,3-4H2,1-2H3/t6-/m0/s1. The molecule has 1 rings (SSSR count). The molecule has 1 heterocycles. The van der Waals surface area contributed by atoms with E-state index in [0.717, 1.165) is 13.0 Å². The molecule has 0 bridgehead atoms. The van der Waals surface area contributed by atoms with Gasteiger partial charge in [-0.1, -0.05) is 15.9 Å². The fourth-order valence-corrected chi connectivity index (χ4v) is 1.65. The van der Waals surface area contributed by atoms with Crippen molar-refractivity contribution in [3.8, 4) is 0 Å². The summed E-state index contributed by atoms with van der Waals surface area (Å²) in [7, 11) is 0. The molecule has 0 aromatic heterocycles. The van der Waals surface area contributed by atoms with Gasteiger partial charge in [-0.15, -0.1) is 0 Å². The van der Waals surface area contributed by atoms with E-state index in [1.807, 2.05) is 18.7 Å². The lowest BCUT2D eigenvalue weighted by Crippen LogP contribution is -2.33. The molecule has 1 aliphatic heterocycles. The van der Waals surface area contributed by atoms with Crippen molar-refractivity contribution in [1.29, 1.82) is 0 Å². The molecule has 1 fully saturated rings. The van der Waals surface area contributed by atoms with Crippen LogP contribution in [0.3, 0.4) is 0 Å². The van der Waals surface area contributed by atoms with E-state index in [2.05, 4.69) is 15.9 Å². The molecule has 3 heteroatoms. The minimum absolute atomic E-state index is 0.0786. The summed E-state index contributed by atoms with van der Waals surface area (Å²) < 4.78 is 0. The predicted octanol–water partition coefficient (Wildman–Crippen LogP) is 1.39. The molecule has 0 N–H and O–H groups in total. The lowest BCUT2D eigenvalue weighted by Gasteiger charge is -2.19. The van der Waals surface area contributed by atoms with Gasteiger partial charge in [0.2, 0.25) is 5.91 Å². The van der Waals surface area contributed by atoms with Crippen LogP contribution in [0, 0.1) is 0 Å². The summed E-state index contributed by atoms with van der Waals surface area (Å²) in [6.45, 7) is 5.00. The Bertz CT molecular complexity index is 147. The van der Waals surface area contributed by atoms with Gasteiger partial charge >= 0.3 is 0 Å². The van der Waals surface area contributed by atoms with E-state index in [-0.39, 0.29) is 10.7 Å². The third-order valence-corrected chi connectivity index (χ3v) is 2.65. The van der Waals surface area contributed by atoms with Crippen LogP contribution in [0.2, 0.25) is 0 Å². The Morgan fingerprint density at radius 1 is 1.70 bits per heavy atom. The second kappa shape index (κ2) is 2.91. The Hall–Kier alpha value is -0.0500. The fraction of sp³-hybridized carbons (Fsp3) is 0.857. The first-order valence-corrected chi connectivity index (χ1v) is 4.49. The van der Waals surface area contributed by atoms with Gasteiger partial charge < -0.3 is 4.90 Å². The Labute approximate surface area is 69.7 Å². The van der Waals surface area contributed by atoms with Gasteiger partial charge in [0, 0.05) is 12.6 Å². The Morgan fingerprint density at radius 2 is 2.30 bits per heavy atom. The number of hydrogen-bond acceptors (Lipinski definition) is 1. The lowest BCUT2D eigenvalue weighted by atomic mass is 10.3. The van der Waals surface area contributed by atoms with Gasteiger partial charge in [0.15, 0.2) is 0 Å². The molecule has 0 radical (unpaired) electrons. The molecule has 1 amide bonds. The van der Waals surface area contributed by atoms with E-state index in [9.17, 15) is 4.79 Å². The molecule has 1 aliphatic rings. The van der Waals surface area contributed by atoms with E-state index >= 15 is 0 Å². The summed E-state index contributed by atoms with van der Waals surface area (Å²) in [5, 5.41) is 0. The van der Waals surface area contributed by atoms with E-state index in [0.29, 0.717) is 6.04 Å². The number of rotatable bonds is 1. The Balaban J connectivity index is 2.57. The molecule has 0 saturated carbocycles. The van der Waals surface area contributed by atoms with Crippen molar-refractivity contribution in [2.75, 3.05) is 6.54 Å². The maximum Gasteiger partial charge on any atom is 0.236 e. The average Bonchev–Trinajstić information content (AvgIpc) is 2.14. The van der Waals surface area contributed by atoms with E-state index in [1.165, 1.54) is 0 Å². The van der Waals surface area contributed by atoms with Crippen LogP contribution in [0.15, 0.2) is 0 Å². The van der Waals surface area contributed by atoms with Crippen LogP contribution in [0.4, 0.5) is 0 Å². The van der Waals surface area contributed by atoms with Crippen LogP contribution in [-0.2, 0) is 4.79 Å². The zero-order valence-electron chi connectivity index (χ0n) is 6.30. The Morgan fingerprint density at radius 3 is 2.50 bits per heavy atom. The van der Waals surface area contributed by atoms with Crippen molar-refractivity contribution in [1.82, 2.24) is 4.90 Å². The topological polar surface area (TPSA) is 20.3 Å². The number of hydrogen-bond donors (Lipinski definition) is 0. The number of nitrogens with zero attached hydrogens (tertiary/aromatic N) is 1. The highest BCUT2D eigenvalue weighted by Crippen LogP contribution is 2.19. The molecule has 0 aliphatic carbocycles. The number of alkyl halides is 1. The maximum absolute atomic E-state index is 11.2. The molecular formula is C7H12BrNO. The summed E-state index contributed by atoms with van der Waals surface area (Å²) in [6.07, 6.45) is 0.955. The highest BCUT2D eigenvalue weighted by Gasteiger charge is 2.30. The van der Waals surface area contributed by atoms with Crippen molar-refractivity contribution in [3.05, 3.63) is 0 Å². The number of likely N-dealkylation sites (tertiary alicyclic amines) is 1. The summed E-state index contributed by atoms with van der Waals surface area (Å²) in [5.74, 6) is 0.245. The van der Waals surface area contributed by atoms with Crippen LogP contribution in [0.1, 0.15) is 20.3 Å². The summed E-state index contributed by atoms with van der Waals surface area (Å²) in [5.41, 5.74) is 0. The van der Waals surface area contributed by atoms with Crippen LogP contribution < -0.4 is 0 Å². The number of amides is 1. The zero-order chi connectivity index (χ0) is 7.72. The first-order valence-electron chi connectivity index (χ1n) is 3.57. The van der Waals surface area contributed by atoms with E-state index < -0.39 is 0 Å². The van der Waals surface area contributed by atoms with Crippen LogP contribution in [-0.4, -0.2) is 28.2 Å². The van der Waals surface area contributed by atoms with Crippen molar-refractivity contribution in [2.24, 2.45) is 0 Å². The van der Waals surface area contributed by atoms with Crippen molar-refractivity contribution in [2.45, 2.75) is 31.1 Å². The predicted molar refractivity (Wildman–Crippen MR) is 44.2 cm³/mol. The maximum atomic E-state index is 11.2. The third-order valence-electron chi connectivity index (χ3n) is 1.80. The minimum Gasteiger partial charge on any atom is -0.339 e. The highest BCUT2D eigenvalue weighted by molar-refractivity contribution is 9.10. The van der Waals surface area contributed by atoms with Gasteiger partial charge in [-0.2, -0.15) is 0 Å². The summed E-state index contributed by atoms with van der Waals surface area (Å²) in [6, 6.07) is 0.357. The number of carbonyl (C=O) groups is 1. The second-order valence-electron chi connectivity index (χ2n) is 2.88. The normalized spacial score (nSPS) is 26.6. The highest BCUT2D eigenvalue weighted by atomic mass is 79.9. The van der Waals surface area contributed by atoms with Crippen LogP contribution in [0.25, 0.3) is 0 Å². The molecule has 1 atom stereocenters. The average molecular weight is 206 g/mol. The van der Waals surface area contributed by atoms with E-state index in [1.54, 1.807) is 0 Å². The molecule has 10 heavy (non-hydrogen) atoms. The lowest BCUT2D eigenvalue weighted by molar-refractivity contribution is -0.128. The van der Waals surface area contributed by atoms with Gasteiger partial charge in [0.1, 0.15) is 0 Å². The van der Waals surface area contributed by atoms with Crippen molar-refractivity contribution < 1.29 is 4.79 Å². The van der Waals surface area contributed by atoms with Gasteiger partial charge in [-0.25, -0.2) is 0 Å².